The van der Waals surface area contributed by atoms with Gasteiger partial charge in [-0.05, 0) is 51.6 Å². The summed E-state index contributed by atoms with van der Waals surface area (Å²) in [4.78, 5) is 34.6. The summed E-state index contributed by atoms with van der Waals surface area (Å²) in [6, 6.07) is 0. The minimum Gasteiger partial charge on any atom is -0.351 e. The number of likely N-dealkylation sites (tertiary alicyclic amines) is 1. The van der Waals surface area contributed by atoms with Crippen molar-refractivity contribution in [2.24, 2.45) is 0 Å². The average Bonchev–Trinajstić information content (AvgIpc) is 2.84. The first kappa shape index (κ1) is 19.6. The fourth-order valence-electron chi connectivity index (χ4n) is 4.36. The third kappa shape index (κ3) is 4.30. The summed E-state index contributed by atoms with van der Waals surface area (Å²) >= 11 is 1.61. The highest BCUT2D eigenvalue weighted by Crippen LogP contribution is 2.27. The number of nitrogens with zero attached hydrogens (tertiary/aromatic N) is 3. The molecule has 0 atom stereocenters. The van der Waals surface area contributed by atoms with Gasteiger partial charge < -0.3 is 10.2 Å². The molecule has 0 radical (unpaired) electrons. The van der Waals surface area contributed by atoms with Crippen LogP contribution in [0.4, 0.5) is 0 Å². The number of carbonyl (C=O) groups excluding carboxylic acids is 1. The molecule has 1 N–H and O–H groups in total. The summed E-state index contributed by atoms with van der Waals surface area (Å²) in [6.07, 6.45) is 13.2. The van der Waals surface area contributed by atoms with Gasteiger partial charge in [0.05, 0.1) is 0 Å². The summed E-state index contributed by atoms with van der Waals surface area (Å²) in [6.45, 7) is 3.62. The van der Waals surface area contributed by atoms with Crippen LogP contribution in [-0.4, -0.2) is 46.4 Å². The Kier molecular flexibility index (Phi) is 6.42. The molecule has 0 bridgehead atoms. The first-order valence-electron chi connectivity index (χ1n) is 10.8. The van der Waals surface area contributed by atoms with E-state index < -0.39 is 0 Å². The van der Waals surface area contributed by atoms with Crippen LogP contribution >= 0.6 is 11.3 Å². The number of hydrogen-bond acceptors (Lipinski definition) is 5. The number of aryl methyl sites for hydroxylation is 2. The number of hydrogen-bond donors (Lipinski definition) is 1. The largest absolute Gasteiger partial charge is 0.351 e. The zero-order valence-corrected chi connectivity index (χ0v) is 17.4. The van der Waals surface area contributed by atoms with Crippen LogP contribution < -0.4 is 10.9 Å². The number of nitrogens with one attached hydrogen (secondary N) is 1. The number of rotatable bonds is 4. The van der Waals surface area contributed by atoms with Gasteiger partial charge in [0, 0.05) is 29.9 Å². The van der Waals surface area contributed by atoms with Crippen molar-refractivity contribution >= 4 is 22.2 Å². The molecule has 152 valence electrons. The molecular weight excluding hydrogens is 372 g/mol. The van der Waals surface area contributed by atoms with E-state index in [0.29, 0.717) is 6.54 Å². The Morgan fingerprint density at radius 1 is 1.04 bits per heavy atom. The van der Waals surface area contributed by atoms with E-state index in [-0.39, 0.29) is 17.0 Å². The predicted octanol–water partition coefficient (Wildman–Crippen LogP) is 3.02. The molecule has 0 saturated carbocycles. The Balaban J connectivity index is 1.48. The van der Waals surface area contributed by atoms with E-state index in [9.17, 15) is 9.59 Å². The van der Waals surface area contributed by atoms with Gasteiger partial charge in [-0.3, -0.25) is 14.0 Å². The molecule has 0 aromatic carbocycles. The lowest BCUT2D eigenvalue weighted by Crippen LogP contribution is -2.38. The fraction of sp³-hybridized carbons (Fsp3) is 0.667. The van der Waals surface area contributed by atoms with Crippen molar-refractivity contribution in [2.75, 3.05) is 26.2 Å². The average molecular weight is 403 g/mol. The summed E-state index contributed by atoms with van der Waals surface area (Å²) in [7, 11) is 0. The maximum atomic E-state index is 13.1. The number of thiazole rings is 1. The highest BCUT2D eigenvalue weighted by molar-refractivity contribution is 7.17. The Bertz CT molecular complexity index is 880. The smallest absolute Gasteiger partial charge is 0.271 e. The van der Waals surface area contributed by atoms with Crippen LogP contribution in [-0.2, 0) is 12.8 Å². The summed E-state index contributed by atoms with van der Waals surface area (Å²) in [5.41, 5.74) is 1.03. The van der Waals surface area contributed by atoms with Crippen molar-refractivity contribution in [2.45, 2.75) is 64.2 Å². The molecule has 1 aliphatic carbocycles. The lowest BCUT2D eigenvalue weighted by atomic mass is 10.0. The van der Waals surface area contributed by atoms with Crippen molar-refractivity contribution in [3.05, 3.63) is 32.7 Å². The zero-order chi connectivity index (χ0) is 19.3. The van der Waals surface area contributed by atoms with Crippen molar-refractivity contribution in [3.8, 4) is 0 Å². The maximum absolute atomic E-state index is 13.1. The van der Waals surface area contributed by atoms with Crippen LogP contribution in [0.1, 0.15) is 72.3 Å². The summed E-state index contributed by atoms with van der Waals surface area (Å²) < 4.78 is 1.70. The standard InChI is InChI=1S/C21H30N4O2S/c26-19(22-11-14-24-12-7-3-4-8-13-24)16-15-23-21-25(20(16)27)17-9-5-1-2-6-10-18(17)28-21/h15H,1-14H2,(H,22,26). The predicted molar refractivity (Wildman–Crippen MR) is 112 cm³/mol. The van der Waals surface area contributed by atoms with Gasteiger partial charge in [0.15, 0.2) is 4.96 Å². The Morgan fingerprint density at radius 2 is 1.75 bits per heavy atom. The zero-order valence-electron chi connectivity index (χ0n) is 16.5. The number of carbonyl (C=O) groups is 1. The van der Waals surface area contributed by atoms with Crippen LogP contribution in [0.3, 0.4) is 0 Å². The Labute approximate surface area is 170 Å². The van der Waals surface area contributed by atoms with Gasteiger partial charge in [-0.1, -0.05) is 25.7 Å². The third-order valence-electron chi connectivity index (χ3n) is 5.96. The number of fused-ring (bicyclic) bond motifs is 3. The van der Waals surface area contributed by atoms with Gasteiger partial charge >= 0.3 is 0 Å². The lowest BCUT2D eigenvalue weighted by Gasteiger charge is -2.19. The van der Waals surface area contributed by atoms with Gasteiger partial charge in [0.1, 0.15) is 5.56 Å². The molecule has 1 fully saturated rings. The van der Waals surface area contributed by atoms with Crippen molar-refractivity contribution in [1.29, 1.82) is 0 Å². The van der Waals surface area contributed by atoms with Crippen LogP contribution in [0.15, 0.2) is 11.0 Å². The van der Waals surface area contributed by atoms with E-state index in [4.69, 9.17) is 0 Å². The van der Waals surface area contributed by atoms with Gasteiger partial charge in [0.2, 0.25) is 0 Å². The van der Waals surface area contributed by atoms with Crippen LogP contribution in [0.5, 0.6) is 0 Å². The molecule has 2 aliphatic rings. The van der Waals surface area contributed by atoms with Crippen molar-refractivity contribution in [3.63, 3.8) is 0 Å². The topological polar surface area (TPSA) is 66.7 Å². The van der Waals surface area contributed by atoms with Crippen LogP contribution in [0.2, 0.25) is 0 Å². The van der Waals surface area contributed by atoms with Gasteiger partial charge in [-0.15, -0.1) is 11.3 Å². The molecule has 1 amide bonds. The number of aromatic nitrogens is 2. The monoisotopic (exact) mass is 402 g/mol. The van der Waals surface area contributed by atoms with E-state index in [1.807, 2.05) is 0 Å². The molecule has 28 heavy (non-hydrogen) atoms. The van der Waals surface area contributed by atoms with E-state index in [1.165, 1.54) is 56.0 Å². The summed E-state index contributed by atoms with van der Waals surface area (Å²) in [5.74, 6) is -0.299. The maximum Gasteiger partial charge on any atom is 0.271 e. The van der Waals surface area contributed by atoms with Crippen molar-refractivity contribution < 1.29 is 4.79 Å². The van der Waals surface area contributed by atoms with E-state index in [0.717, 1.165) is 49.6 Å². The van der Waals surface area contributed by atoms with Gasteiger partial charge in [0.25, 0.3) is 11.5 Å². The van der Waals surface area contributed by atoms with Crippen LogP contribution in [0.25, 0.3) is 4.96 Å². The second-order valence-electron chi connectivity index (χ2n) is 7.99. The van der Waals surface area contributed by atoms with E-state index >= 15 is 0 Å². The third-order valence-corrected chi connectivity index (χ3v) is 7.12. The van der Waals surface area contributed by atoms with Crippen molar-refractivity contribution in [1.82, 2.24) is 19.6 Å². The van der Waals surface area contributed by atoms with E-state index in [1.54, 1.807) is 15.7 Å². The second-order valence-corrected chi connectivity index (χ2v) is 9.05. The second kappa shape index (κ2) is 9.18. The van der Waals surface area contributed by atoms with E-state index in [2.05, 4.69) is 15.2 Å². The fourth-order valence-corrected chi connectivity index (χ4v) is 5.53. The summed E-state index contributed by atoms with van der Waals surface area (Å²) in [5, 5.41) is 2.94. The Hall–Kier alpha value is -1.73. The molecular formula is C21H30N4O2S. The lowest BCUT2D eigenvalue weighted by molar-refractivity contribution is 0.0946. The first-order chi connectivity index (χ1) is 13.7. The number of amides is 1. The molecule has 0 unspecified atom stereocenters. The quantitative estimate of drug-likeness (QED) is 0.854. The molecule has 0 spiro atoms. The highest BCUT2D eigenvalue weighted by Gasteiger charge is 2.20. The molecule has 1 aliphatic heterocycles. The molecule has 7 heteroatoms. The molecule has 2 aromatic heterocycles. The van der Waals surface area contributed by atoms with Gasteiger partial charge in [-0.2, -0.15) is 0 Å². The highest BCUT2D eigenvalue weighted by atomic mass is 32.1. The molecule has 4 rings (SSSR count). The normalized spacial score (nSPS) is 18.9. The minimum absolute atomic E-state index is 0.163. The molecule has 1 saturated heterocycles. The molecule has 2 aromatic rings. The minimum atomic E-state index is -0.299. The SMILES string of the molecule is O=C(NCCN1CCCCCC1)c1cnc2sc3c(n2c1=O)CCCCCC3. The Morgan fingerprint density at radius 3 is 2.54 bits per heavy atom. The molecule has 3 heterocycles. The first-order valence-corrected chi connectivity index (χ1v) is 11.6. The van der Waals surface area contributed by atoms with Gasteiger partial charge in [-0.25, -0.2) is 4.98 Å². The van der Waals surface area contributed by atoms with Crippen LogP contribution in [0, 0.1) is 0 Å². The molecule has 6 nitrogen and oxygen atoms in total.